The molecule has 3 rings (SSSR count). The maximum absolute atomic E-state index is 13.0. The van der Waals surface area contributed by atoms with Crippen LogP contribution in [-0.2, 0) is 4.79 Å². The summed E-state index contributed by atoms with van der Waals surface area (Å²) < 4.78 is 0. The van der Waals surface area contributed by atoms with Crippen LogP contribution in [0, 0.1) is 5.92 Å². The molecule has 0 aromatic heterocycles. The highest BCUT2D eigenvalue weighted by atomic mass is 16.3. The molecule has 28 heavy (non-hydrogen) atoms. The normalized spacial score (nSPS) is 21.6. The predicted molar refractivity (Wildman–Crippen MR) is 105 cm³/mol. The molecule has 7 heteroatoms. The Morgan fingerprint density at radius 1 is 1.29 bits per heavy atom. The number of phenolic OH excluding ortho intramolecular Hbond substituents is 1. The summed E-state index contributed by atoms with van der Waals surface area (Å²) in [4.78, 5) is 25.0. The maximum atomic E-state index is 13.0. The van der Waals surface area contributed by atoms with Gasteiger partial charge >= 0.3 is 6.03 Å². The highest BCUT2D eigenvalue weighted by molar-refractivity contribution is 5.98. The van der Waals surface area contributed by atoms with Crippen LogP contribution in [-0.4, -0.2) is 34.8 Å². The topological polar surface area (TPSA) is 111 Å². The monoisotopic (exact) mass is 387 g/mol. The van der Waals surface area contributed by atoms with Gasteiger partial charge in [-0.2, -0.15) is 0 Å². The number of phenols is 1. The van der Waals surface area contributed by atoms with Crippen molar-refractivity contribution in [1.29, 1.82) is 0 Å². The molecular weight excluding hydrogens is 358 g/mol. The second kappa shape index (κ2) is 9.10. The predicted octanol–water partition coefficient (Wildman–Crippen LogP) is 2.47. The van der Waals surface area contributed by atoms with E-state index in [1.165, 1.54) is 18.6 Å². The van der Waals surface area contributed by atoms with Crippen LogP contribution in [0.15, 0.2) is 35.5 Å². The molecule has 3 amide bonds. The molecule has 1 fully saturated rings. The standard InChI is InChI=1S/C21H29N3O4/c1-2-16-18(20(27)22-12-17(26)13-7-4-3-5-8-13)19(24-21(28)23-16)14-9-6-10-15(25)11-14/h6,9-11,13,17,19,25-26H,2-5,7-8,12H2,1H3,(H,22,27)(H2,23,24,28). The molecule has 1 heterocycles. The first-order valence-electron chi connectivity index (χ1n) is 10.0. The fraction of sp³-hybridized carbons (Fsp3) is 0.524. The van der Waals surface area contributed by atoms with Gasteiger partial charge in [-0.1, -0.05) is 38.3 Å². The number of aliphatic hydroxyl groups is 1. The zero-order valence-electron chi connectivity index (χ0n) is 16.2. The molecule has 1 saturated carbocycles. The summed E-state index contributed by atoms with van der Waals surface area (Å²) in [5.74, 6) is -0.0388. The first kappa shape index (κ1) is 20.2. The minimum Gasteiger partial charge on any atom is -0.508 e. The van der Waals surface area contributed by atoms with E-state index in [4.69, 9.17) is 0 Å². The van der Waals surface area contributed by atoms with Gasteiger partial charge in [-0.05, 0) is 42.9 Å². The number of urea groups is 1. The van der Waals surface area contributed by atoms with E-state index in [0.29, 0.717) is 23.3 Å². The zero-order chi connectivity index (χ0) is 20.1. The fourth-order valence-corrected chi connectivity index (χ4v) is 4.10. The summed E-state index contributed by atoms with van der Waals surface area (Å²) in [6.45, 7) is 2.05. The summed E-state index contributed by atoms with van der Waals surface area (Å²) in [7, 11) is 0. The molecule has 1 aromatic rings. The van der Waals surface area contributed by atoms with Gasteiger partial charge in [-0.15, -0.1) is 0 Å². The van der Waals surface area contributed by atoms with Crippen molar-refractivity contribution < 1.29 is 19.8 Å². The van der Waals surface area contributed by atoms with E-state index in [9.17, 15) is 19.8 Å². The Labute approximate surface area is 165 Å². The second-order valence-electron chi connectivity index (χ2n) is 7.55. The van der Waals surface area contributed by atoms with E-state index in [-0.39, 0.29) is 30.2 Å². The first-order valence-corrected chi connectivity index (χ1v) is 10.0. The Morgan fingerprint density at radius 2 is 2.04 bits per heavy atom. The molecule has 5 N–H and O–H groups in total. The summed E-state index contributed by atoms with van der Waals surface area (Å²) in [6, 6.07) is 5.46. The lowest BCUT2D eigenvalue weighted by molar-refractivity contribution is -0.118. The van der Waals surface area contributed by atoms with Gasteiger partial charge in [0.1, 0.15) is 5.75 Å². The highest BCUT2D eigenvalue weighted by Crippen LogP contribution is 2.30. The molecule has 0 radical (unpaired) electrons. The second-order valence-corrected chi connectivity index (χ2v) is 7.55. The van der Waals surface area contributed by atoms with Crippen molar-refractivity contribution >= 4 is 11.9 Å². The van der Waals surface area contributed by atoms with Gasteiger partial charge in [0.05, 0.1) is 17.7 Å². The summed E-state index contributed by atoms with van der Waals surface area (Å²) in [6.07, 6.45) is 5.34. The Morgan fingerprint density at radius 3 is 2.71 bits per heavy atom. The largest absolute Gasteiger partial charge is 0.508 e. The molecule has 7 nitrogen and oxygen atoms in total. The van der Waals surface area contributed by atoms with Gasteiger partial charge < -0.3 is 26.2 Å². The molecule has 0 bridgehead atoms. The number of carbonyl (C=O) groups excluding carboxylic acids is 2. The fourth-order valence-electron chi connectivity index (χ4n) is 4.10. The molecular formula is C21H29N3O4. The summed E-state index contributed by atoms with van der Waals surface area (Å²) in [5.41, 5.74) is 1.57. The van der Waals surface area contributed by atoms with Crippen LogP contribution in [0.5, 0.6) is 5.75 Å². The van der Waals surface area contributed by atoms with Crippen LogP contribution in [0.1, 0.15) is 57.1 Å². The number of carbonyl (C=O) groups is 2. The van der Waals surface area contributed by atoms with Gasteiger partial charge in [-0.25, -0.2) is 4.79 Å². The number of aliphatic hydroxyl groups excluding tert-OH is 1. The third-order valence-corrected chi connectivity index (χ3v) is 5.62. The Hall–Kier alpha value is -2.54. The van der Waals surface area contributed by atoms with Crippen molar-refractivity contribution in [3.63, 3.8) is 0 Å². The van der Waals surface area contributed by atoms with Crippen molar-refractivity contribution in [2.75, 3.05) is 6.54 Å². The molecule has 152 valence electrons. The van der Waals surface area contributed by atoms with E-state index in [2.05, 4.69) is 16.0 Å². The molecule has 0 saturated heterocycles. The van der Waals surface area contributed by atoms with Gasteiger partial charge in [0.2, 0.25) is 0 Å². The van der Waals surface area contributed by atoms with E-state index in [1.54, 1.807) is 12.1 Å². The number of aromatic hydroxyl groups is 1. The zero-order valence-corrected chi connectivity index (χ0v) is 16.2. The van der Waals surface area contributed by atoms with Crippen molar-refractivity contribution in [3.8, 4) is 5.75 Å². The quantitative estimate of drug-likeness (QED) is 0.516. The third kappa shape index (κ3) is 4.65. The summed E-state index contributed by atoms with van der Waals surface area (Å²) >= 11 is 0. The third-order valence-electron chi connectivity index (χ3n) is 5.62. The SMILES string of the molecule is CCC1=C(C(=O)NCC(O)C2CCCCC2)C(c2cccc(O)c2)NC(=O)N1. The minimum atomic E-state index is -0.664. The smallest absolute Gasteiger partial charge is 0.319 e. The van der Waals surface area contributed by atoms with Gasteiger partial charge in [0.15, 0.2) is 0 Å². The van der Waals surface area contributed by atoms with Crippen LogP contribution in [0.2, 0.25) is 0 Å². The minimum absolute atomic E-state index is 0.0656. The molecule has 2 unspecified atom stereocenters. The molecule has 1 aliphatic heterocycles. The molecule has 1 aliphatic carbocycles. The number of hydrogen-bond donors (Lipinski definition) is 5. The Balaban J connectivity index is 1.78. The first-order chi connectivity index (χ1) is 13.5. The molecule has 0 spiro atoms. The van der Waals surface area contributed by atoms with Gasteiger partial charge in [0.25, 0.3) is 5.91 Å². The number of rotatable bonds is 6. The number of allylic oxidation sites excluding steroid dienone is 1. The number of hydrogen-bond acceptors (Lipinski definition) is 4. The summed E-state index contributed by atoms with van der Waals surface area (Å²) in [5, 5.41) is 28.6. The Kier molecular flexibility index (Phi) is 6.57. The van der Waals surface area contributed by atoms with Crippen LogP contribution in [0.25, 0.3) is 0 Å². The Bertz CT molecular complexity index is 756. The van der Waals surface area contributed by atoms with Crippen molar-refractivity contribution in [2.45, 2.75) is 57.6 Å². The molecule has 2 atom stereocenters. The highest BCUT2D eigenvalue weighted by Gasteiger charge is 2.32. The van der Waals surface area contributed by atoms with Crippen LogP contribution in [0.4, 0.5) is 4.79 Å². The van der Waals surface area contributed by atoms with Gasteiger partial charge in [-0.3, -0.25) is 4.79 Å². The molecule has 1 aromatic carbocycles. The average molecular weight is 387 g/mol. The lowest BCUT2D eigenvalue weighted by atomic mass is 9.85. The van der Waals surface area contributed by atoms with Crippen LogP contribution >= 0.6 is 0 Å². The lowest BCUT2D eigenvalue weighted by Gasteiger charge is -2.31. The van der Waals surface area contributed by atoms with E-state index in [1.807, 2.05) is 6.92 Å². The van der Waals surface area contributed by atoms with E-state index < -0.39 is 12.1 Å². The number of nitrogens with one attached hydrogen (secondary N) is 3. The van der Waals surface area contributed by atoms with Crippen molar-refractivity contribution in [3.05, 3.63) is 41.1 Å². The number of amides is 3. The lowest BCUT2D eigenvalue weighted by Crippen LogP contribution is -2.48. The van der Waals surface area contributed by atoms with Crippen LogP contribution in [0.3, 0.4) is 0 Å². The van der Waals surface area contributed by atoms with Crippen molar-refractivity contribution in [2.24, 2.45) is 5.92 Å². The number of benzene rings is 1. The van der Waals surface area contributed by atoms with Crippen molar-refractivity contribution in [1.82, 2.24) is 16.0 Å². The molecule has 2 aliphatic rings. The van der Waals surface area contributed by atoms with Crippen LogP contribution < -0.4 is 16.0 Å². The maximum Gasteiger partial charge on any atom is 0.319 e. The van der Waals surface area contributed by atoms with E-state index >= 15 is 0 Å². The average Bonchev–Trinajstić information content (AvgIpc) is 2.71. The van der Waals surface area contributed by atoms with Gasteiger partial charge in [0, 0.05) is 12.2 Å². The van der Waals surface area contributed by atoms with E-state index in [0.717, 1.165) is 25.7 Å².